The van der Waals surface area contributed by atoms with Gasteiger partial charge >= 0.3 is 0 Å². The fourth-order valence-corrected chi connectivity index (χ4v) is 1.04. The van der Waals surface area contributed by atoms with Gasteiger partial charge in [-0.2, -0.15) is 0 Å². The van der Waals surface area contributed by atoms with Gasteiger partial charge in [0, 0.05) is 12.6 Å². The van der Waals surface area contributed by atoms with Crippen LogP contribution in [0, 0.1) is 0 Å². The van der Waals surface area contributed by atoms with Gasteiger partial charge in [-0.25, -0.2) is 0 Å². The third-order valence-electron chi connectivity index (χ3n) is 1.85. The van der Waals surface area contributed by atoms with Gasteiger partial charge in [0.15, 0.2) is 0 Å². The van der Waals surface area contributed by atoms with E-state index in [9.17, 15) is 0 Å². The Labute approximate surface area is 97.4 Å². The maximum absolute atomic E-state index is 5.54. The fraction of sp³-hybridized carbons (Fsp3) is 0.455. The number of methoxy groups -OCH3 is 1. The van der Waals surface area contributed by atoms with E-state index in [2.05, 4.69) is 4.90 Å². The van der Waals surface area contributed by atoms with Crippen LogP contribution in [0.25, 0.3) is 0 Å². The molecular formula is C11H18ClNO2. The van der Waals surface area contributed by atoms with Crippen molar-refractivity contribution in [3.05, 3.63) is 24.3 Å². The Morgan fingerprint density at radius 2 is 1.87 bits per heavy atom. The van der Waals surface area contributed by atoms with E-state index in [0.717, 1.165) is 18.0 Å². The maximum atomic E-state index is 5.54. The van der Waals surface area contributed by atoms with Crippen LogP contribution in [0.3, 0.4) is 0 Å². The summed E-state index contributed by atoms with van der Waals surface area (Å²) in [5, 5.41) is 0. The molecule has 0 saturated heterocycles. The number of hydrogen-bond donors (Lipinski definition) is 0. The minimum Gasteiger partial charge on any atom is -0.497 e. The molecule has 0 N–H and O–H groups in total. The standard InChI is InChI=1S/C11H17NO2.ClH/c1-12(2)7-8-14-11-6-4-5-10(9-11)13-3;/h4-6,9H,7-8H2,1-3H3;1H. The molecule has 4 heteroatoms. The van der Waals surface area contributed by atoms with Crippen molar-refractivity contribution in [3.63, 3.8) is 0 Å². The summed E-state index contributed by atoms with van der Waals surface area (Å²) in [6.07, 6.45) is 0. The molecule has 0 aromatic heterocycles. The van der Waals surface area contributed by atoms with Crippen LogP contribution in [0.15, 0.2) is 24.3 Å². The summed E-state index contributed by atoms with van der Waals surface area (Å²) < 4.78 is 10.6. The molecule has 0 amide bonds. The van der Waals surface area contributed by atoms with Crippen molar-refractivity contribution >= 4 is 12.4 Å². The van der Waals surface area contributed by atoms with Crippen LogP contribution in [0.1, 0.15) is 0 Å². The monoisotopic (exact) mass is 231 g/mol. The highest BCUT2D eigenvalue weighted by Crippen LogP contribution is 2.18. The van der Waals surface area contributed by atoms with E-state index in [1.54, 1.807) is 7.11 Å². The van der Waals surface area contributed by atoms with E-state index >= 15 is 0 Å². The summed E-state index contributed by atoms with van der Waals surface area (Å²) in [5.74, 6) is 1.68. The highest BCUT2D eigenvalue weighted by molar-refractivity contribution is 5.85. The molecule has 15 heavy (non-hydrogen) atoms. The lowest BCUT2D eigenvalue weighted by Crippen LogP contribution is -2.19. The molecule has 0 unspecified atom stereocenters. The fourth-order valence-electron chi connectivity index (χ4n) is 1.04. The number of rotatable bonds is 5. The third kappa shape index (κ3) is 5.50. The third-order valence-corrected chi connectivity index (χ3v) is 1.85. The highest BCUT2D eigenvalue weighted by atomic mass is 35.5. The summed E-state index contributed by atoms with van der Waals surface area (Å²) in [6.45, 7) is 1.61. The predicted octanol–water partition coefficient (Wildman–Crippen LogP) is 2.06. The van der Waals surface area contributed by atoms with Gasteiger partial charge in [0.2, 0.25) is 0 Å². The summed E-state index contributed by atoms with van der Waals surface area (Å²) in [4.78, 5) is 2.08. The van der Waals surface area contributed by atoms with Crippen LogP contribution < -0.4 is 9.47 Å². The lowest BCUT2D eigenvalue weighted by Gasteiger charge is -2.11. The van der Waals surface area contributed by atoms with Crippen LogP contribution >= 0.6 is 12.4 Å². The molecule has 0 atom stereocenters. The summed E-state index contributed by atoms with van der Waals surface area (Å²) >= 11 is 0. The number of benzene rings is 1. The van der Waals surface area contributed by atoms with Gasteiger partial charge < -0.3 is 14.4 Å². The molecule has 0 saturated carbocycles. The Morgan fingerprint density at radius 1 is 1.20 bits per heavy atom. The largest absolute Gasteiger partial charge is 0.497 e. The molecular weight excluding hydrogens is 214 g/mol. The van der Waals surface area contributed by atoms with Crippen LogP contribution in [0.2, 0.25) is 0 Å². The zero-order valence-corrected chi connectivity index (χ0v) is 10.2. The number of ether oxygens (including phenoxy) is 2. The van der Waals surface area contributed by atoms with E-state index in [0.29, 0.717) is 6.61 Å². The molecule has 0 aliphatic carbocycles. The van der Waals surface area contributed by atoms with Crippen LogP contribution in [0.5, 0.6) is 11.5 Å². The van der Waals surface area contributed by atoms with Gasteiger partial charge in [0.25, 0.3) is 0 Å². The average molecular weight is 232 g/mol. The summed E-state index contributed by atoms with van der Waals surface area (Å²) in [6, 6.07) is 7.64. The molecule has 1 rings (SSSR count). The first-order valence-electron chi connectivity index (χ1n) is 4.64. The number of likely N-dealkylation sites (N-methyl/N-ethyl adjacent to an activating group) is 1. The average Bonchev–Trinajstić information content (AvgIpc) is 2.18. The Bertz CT molecular complexity index is 279. The van der Waals surface area contributed by atoms with Gasteiger partial charge in [-0.15, -0.1) is 12.4 Å². The molecule has 0 spiro atoms. The Balaban J connectivity index is 0.00000196. The van der Waals surface area contributed by atoms with Crippen LogP contribution in [0.4, 0.5) is 0 Å². The molecule has 1 aromatic carbocycles. The number of halogens is 1. The quantitative estimate of drug-likeness (QED) is 0.775. The summed E-state index contributed by atoms with van der Waals surface area (Å²) in [5.41, 5.74) is 0. The van der Waals surface area contributed by atoms with Crippen LogP contribution in [-0.4, -0.2) is 39.3 Å². The number of hydrogen-bond acceptors (Lipinski definition) is 3. The molecule has 86 valence electrons. The Morgan fingerprint density at radius 3 is 2.47 bits per heavy atom. The second kappa shape index (κ2) is 7.37. The van der Waals surface area contributed by atoms with Crippen molar-refractivity contribution in [1.82, 2.24) is 4.90 Å². The summed E-state index contributed by atoms with van der Waals surface area (Å²) in [7, 11) is 5.70. The van der Waals surface area contributed by atoms with Gasteiger partial charge in [-0.05, 0) is 26.2 Å². The minimum absolute atomic E-state index is 0. The lowest BCUT2D eigenvalue weighted by atomic mass is 10.3. The van der Waals surface area contributed by atoms with E-state index in [-0.39, 0.29) is 12.4 Å². The molecule has 3 nitrogen and oxygen atoms in total. The molecule has 0 bridgehead atoms. The molecule has 0 aliphatic rings. The molecule has 1 aromatic rings. The van der Waals surface area contributed by atoms with Gasteiger partial charge in [-0.1, -0.05) is 6.07 Å². The number of nitrogens with zero attached hydrogens (tertiary/aromatic N) is 1. The second-order valence-electron chi connectivity index (χ2n) is 3.33. The SMILES string of the molecule is COc1cccc(OCCN(C)C)c1.Cl. The van der Waals surface area contributed by atoms with Gasteiger partial charge in [-0.3, -0.25) is 0 Å². The Hall–Kier alpha value is -0.930. The van der Waals surface area contributed by atoms with Gasteiger partial charge in [0.1, 0.15) is 18.1 Å². The smallest absolute Gasteiger partial charge is 0.123 e. The topological polar surface area (TPSA) is 21.7 Å². The van der Waals surface area contributed by atoms with E-state index in [1.807, 2.05) is 38.4 Å². The van der Waals surface area contributed by atoms with Gasteiger partial charge in [0.05, 0.1) is 7.11 Å². The Kier molecular flexibility index (Phi) is 6.92. The zero-order valence-electron chi connectivity index (χ0n) is 9.40. The van der Waals surface area contributed by atoms with Crippen molar-refractivity contribution in [2.24, 2.45) is 0 Å². The first-order chi connectivity index (χ1) is 6.72. The first kappa shape index (κ1) is 14.1. The van der Waals surface area contributed by atoms with Crippen molar-refractivity contribution < 1.29 is 9.47 Å². The zero-order chi connectivity index (χ0) is 10.4. The minimum atomic E-state index is 0. The van der Waals surface area contributed by atoms with Crippen molar-refractivity contribution in [3.8, 4) is 11.5 Å². The molecule has 0 fully saturated rings. The first-order valence-corrected chi connectivity index (χ1v) is 4.64. The normalized spacial score (nSPS) is 9.60. The van der Waals surface area contributed by atoms with Crippen LogP contribution in [-0.2, 0) is 0 Å². The molecule has 0 radical (unpaired) electrons. The maximum Gasteiger partial charge on any atom is 0.123 e. The van der Waals surface area contributed by atoms with Crippen molar-refractivity contribution in [1.29, 1.82) is 0 Å². The van der Waals surface area contributed by atoms with E-state index in [1.165, 1.54) is 0 Å². The lowest BCUT2D eigenvalue weighted by molar-refractivity contribution is 0.260. The van der Waals surface area contributed by atoms with Crippen molar-refractivity contribution in [2.75, 3.05) is 34.4 Å². The van der Waals surface area contributed by atoms with E-state index < -0.39 is 0 Å². The predicted molar refractivity (Wildman–Crippen MR) is 64.3 cm³/mol. The molecule has 0 heterocycles. The second-order valence-corrected chi connectivity index (χ2v) is 3.33. The van der Waals surface area contributed by atoms with Crippen molar-refractivity contribution in [2.45, 2.75) is 0 Å². The highest BCUT2D eigenvalue weighted by Gasteiger charge is 1.96. The van der Waals surface area contributed by atoms with E-state index in [4.69, 9.17) is 9.47 Å². The molecule has 0 aliphatic heterocycles.